The third-order valence-corrected chi connectivity index (χ3v) is 4.09. The molecule has 0 spiro atoms. The molecule has 0 atom stereocenters. The van der Waals surface area contributed by atoms with Crippen LogP contribution in [0.5, 0.6) is 5.75 Å². The first-order chi connectivity index (χ1) is 14.8. The molecule has 0 aliphatic carbocycles. The van der Waals surface area contributed by atoms with E-state index in [1.165, 1.54) is 30.4 Å². The molecule has 2 amide bonds. The van der Waals surface area contributed by atoms with E-state index < -0.39 is 17.6 Å². The van der Waals surface area contributed by atoms with Crippen LogP contribution in [0.4, 0.5) is 4.39 Å². The van der Waals surface area contributed by atoms with Crippen molar-refractivity contribution >= 4 is 17.9 Å². The molecule has 0 aromatic heterocycles. The second-order valence-corrected chi connectivity index (χ2v) is 6.92. The number of rotatable bonds is 10. The normalized spacial score (nSPS) is 11.0. The Labute approximate surface area is 181 Å². The fourth-order valence-corrected chi connectivity index (χ4v) is 2.46. The van der Waals surface area contributed by atoms with E-state index in [4.69, 9.17) is 4.74 Å². The summed E-state index contributed by atoms with van der Waals surface area (Å²) in [4.78, 5) is 27.1. The van der Waals surface area contributed by atoms with Gasteiger partial charge in [-0.2, -0.15) is 0 Å². The highest BCUT2D eigenvalue weighted by atomic mass is 19.1. The number of hydrogen-bond acceptors (Lipinski definition) is 4. The summed E-state index contributed by atoms with van der Waals surface area (Å²) >= 11 is 0. The molecule has 0 bridgehead atoms. The number of nitrogens with zero attached hydrogens (tertiary/aromatic N) is 1. The molecular formula is C24H26FN3O3. The van der Waals surface area contributed by atoms with E-state index in [2.05, 4.69) is 23.8 Å². The SMILES string of the molecule is C=CC(=C)Oc1ccc(/C=C(\NC(=O)c2cccc(F)c2)C(=O)NCCN(C)C)cc1. The summed E-state index contributed by atoms with van der Waals surface area (Å²) in [5.74, 6) is -0.609. The Balaban J connectivity index is 2.23. The summed E-state index contributed by atoms with van der Waals surface area (Å²) in [5, 5.41) is 5.34. The van der Waals surface area contributed by atoms with Crippen LogP contribution < -0.4 is 15.4 Å². The summed E-state index contributed by atoms with van der Waals surface area (Å²) in [6, 6.07) is 12.1. The maximum absolute atomic E-state index is 13.5. The van der Waals surface area contributed by atoms with Gasteiger partial charge in [0.15, 0.2) is 0 Å². The number of likely N-dealkylation sites (N-methyl/N-ethyl adjacent to an activating group) is 1. The van der Waals surface area contributed by atoms with Crippen LogP contribution in [0.25, 0.3) is 6.08 Å². The maximum atomic E-state index is 13.5. The van der Waals surface area contributed by atoms with Gasteiger partial charge in [-0.05, 0) is 62.1 Å². The number of ether oxygens (including phenoxy) is 1. The highest BCUT2D eigenvalue weighted by Crippen LogP contribution is 2.17. The van der Waals surface area contributed by atoms with Crippen LogP contribution in [0.15, 0.2) is 79.2 Å². The number of nitrogens with one attached hydrogen (secondary N) is 2. The molecule has 0 saturated heterocycles. The Kier molecular flexibility index (Phi) is 8.72. The summed E-state index contributed by atoms with van der Waals surface area (Å²) in [7, 11) is 3.78. The lowest BCUT2D eigenvalue weighted by molar-refractivity contribution is -0.117. The molecule has 6 nitrogen and oxygen atoms in total. The summed E-state index contributed by atoms with van der Waals surface area (Å²) < 4.78 is 18.9. The topological polar surface area (TPSA) is 70.7 Å². The largest absolute Gasteiger partial charge is 0.458 e. The number of allylic oxidation sites excluding steroid dienone is 1. The van der Waals surface area contributed by atoms with E-state index in [0.717, 1.165) is 6.07 Å². The average Bonchev–Trinajstić information content (AvgIpc) is 2.74. The number of amides is 2. The molecular weight excluding hydrogens is 397 g/mol. The third kappa shape index (κ3) is 7.91. The third-order valence-electron chi connectivity index (χ3n) is 4.09. The van der Waals surface area contributed by atoms with Crippen molar-refractivity contribution in [2.75, 3.05) is 27.2 Å². The number of halogens is 1. The van der Waals surface area contributed by atoms with Crippen molar-refractivity contribution in [3.63, 3.8) is 0 Å². The molecule has 0 heterocycles. The summed E-state index contributed by atoms with van der Waals surface area (Å²) in [6.07, 6.45) is 3.03. The first-order valence-corrected chi connectivity index (χ1v) is 9.59. The van der Waals surface area contributed by atoms with E-state index in [1.807, 2.05) is 19.0 Å². The molecule has 2 rings (SSSR count). The van der Waals surface area contributed by atoms with Crippen LogP contribution >= 0.6 is 0 Å². The highest BCUT2D eigenvalue weighted by molar-refractivity contribution is 6.05. The smallest absolute Gasteiger partial charge is 0.267 e. The van der Waals surface area contributed by atoms with Gasteiger partial charge in [0.05, 0.1) is 0 Å². The van der Waals surface area contributed by atoms with Crippen LogP contribution in [0.1, 0.15) is 15.9 Å². The molecule has 0 aliphatic heterocycles. The molecule has 0 radical (unpaired) electrons. The predicted molar refractivity (Wildman–Crippen MR) is 120 cm³/mol. The van der Waals surface area contributed by atoms with Gasteiger partial charge in [0, 0.05) is 18.7 Å². The highest BCUT2D eigenvalue weighted by Gasteiger charge is 2.15. The van der Waals surface area contributed by atoms with Crippen LogP contribution in [-0.2, 0) is 4.79 Å². The van der Waals surface area contributed by atoms with Crippen LogP contribution in [0.3, 0.4) is 0 Å². The Morgan fingerprint density at radius 3 is 2.48 bits per heavy atom. The first-order valence-electron chi connectivity index (χ1n) is 9.59. The van der Waals surface area contributed by atoms with Crippen molar-refractivity contribution in [3.8, 4) is 5.75 Å². The average molecular weight is 423 g/mol. The van der Waals surface area contributed by atoms with E-state index in [0.29, 0.717) is 30.2 Å². The quantitative estimate of drug-likeness (QED) is 0.349. The van der Waals surface area contributed by atoms with E-state index in [9.17, 15) is 14.0 Å². The first kappa shape index (κ1) is 23.6. The molecule has 0 aliphatic rings. The maximum Gasteiger partial charge on any atom is 0.267 e. The van der Waals surface area contributed by atoms with Crippen molar-refractivity contribution in [3.05, 3.63) is 96.2 Å². The minimum atomic E-state index is -0.587. The molecule has 7 heteroatoms. The molecule has 2 aromatic carbocycles. The van der Waals surface area contributed by atoms with Crippen molar-refractivity contribution in [2.45, 2.75) is 0 Å². The van der Waals surface area contributed by atoms with Gasteiger partial charge in [0.1, 0.15) is 23.0 Å². The van der Waals surface area contributed by atoms with Gasteiger partial charge in [-0.25, -0.2) is 4.39 Å². The van der Waals surface area contributed by atoms with Crippen LogP contribution in [0.2, 0.25) is 0 Å². The molecule has 0 saturated carbocycles. The molecule has 31 heavy (non-hydrogen) atoms. The van der Waals surface area contributed by atoms with Crippen molar-refractivity contribution in [2.24, 2.45) is 0 Å². The fraction of sp³-hybridized carbons (Fsp3) is 0.167. The fourth-order valence-electron chi connectivity index (χ4n) is 2.46. The second-order valence-electron chi connectivity index (χ2n) is 6.92. The van der Waals surface area contributed by atoms with Crippen molar-refractivity contribution in [1.29, 1.82) is 0 Å². The Morgan fingerprint density at radius 2 is 1.87 bits per heavy atom. The molecule has 0 unspecified atom stereocenters. The number of hydrogen-bond donors (Lipinski definition) is 2. The van der Waals surface area contributed by atoms with Gasteiger partial charge in [-0.15, -0.1) is 0 Å². The number of carbonyl (C=O) groups excluding carboxylic acids is 2. The summed E-state index contributed by atoms with van der Waals surface area (Å²) in [5.41, 5.74) is 0.810. The minimum absolute atomic E-state index is 0.0391. The Hall–Kier alpha value is -3.71. The summed E-state index contributed by atoms with van der Waals surface area (Å²) in [6.45, 7) is 8.30. The predicted octanol–water partition coefficient (Wildman–Crippen LogP) is 3.35. The lowest BCUT2D eigenvalue weighted by Crippen LogP contribution is -2.37. The van der Waals surface area contributed by atoms with Gasteiger partial charge in [0.25, 0.3) is 11.8 Å². The number of carbonyl (C=O) groups is 2. The second kappa shape index (κ2) is 11.5. The zero-order chi connectivity index (χ0) is 22.8. The number of benzene rings is 2. The van der Waals surface area contributed by atoms with E-state index in [1.54, 1.807) is 24.3 Å². The monoisotopic (exact) mass is 423 g/mol. The van der Waals surface area contributed by atoms with Gasteiger partial charge in [-0.3, -0.25) is 9.59 Å². The van der Waals surface area contributed by atoms with Gasteiger partial charge < -0.3 is 20.3 Å². The van der Waals surface area contributed by atoms with E-state index in [-0.39, 0.29) is 11.3 Å². The van der Waals surface area contributed by atoms with Gasteiger partial charge in [-0.1, -0.05) is 31.4 Å². The van der Waals surface area contributed by atoms with Crippen LogP contribution in [0, 0.1) is 5.82 Å². The standard InChI is InChI=1S/C24H26FN3O3/c1-5-17(2)31-21-11-9-18(10-12-21)15-22(24(30)26-13-14-28(3)4)27-23(29)19-7-6-8-20(25)16-19/h5-12,15-16H,1-2,13-14H2,3-4H3,(H,26,30)(H,27,29)/b22-15-. The minimum Gasteiger partial charge on any atom is -0.458 e. The molecule has 0 fully saturated rings. The Bertz CT molecular complexity index is 982. The van der Waals surface area contributed by atoms with Crippen LogP contribution in [-0.4, -0.2) is 43.9 Å². The van der Waals surface area contributed by atoms with Crippen molar-refractivity contribution in [1.82, 2.24) is 15.5 Å². The van der Waals surface area contributed by atoms with Gasteiger partial charge >= 0.3 is 0 Å². The zero-order valence-corrected chi connectivity index (χ0v) is 17.7. The van der Waals surface area contributed by atoms with Crippen molar-refractivity contribution < 1.29 is 18.7 Å². The molecule has 2 aromatic rings. The lowest BCUT2D eigenvalue weighted by Gasteiger charge is -2.13. The van der Waals surface area contributed by atoms with Gasteiger partial charge in [0.2, 0.25) is 0 Å². The van der Waals surface area contributed by atoms with E-state index >= 15 is 0 Å². The Morgan fingerprint density at radius 1 is 1.16 bits per heavy atom. The molecule has 2 N–H and O–H groups in total. The zero-order valence-electron chi connectivity index (χ0n) is 17.7. The lowest BCUT2D eigenvalue weighted by atomic mass is 10.1. The molecule has 162 valence electrons.